The van der Waals surface area contributed by atoms with E-state index in [9.17, 15) is 15.3 Å². The lowest BCUT2D eigenvalue weighted by molar-refractivity contribution is -0.128. The fraction of sp³-hybridized carbons (Fsp3) is 0.483. The number of nitrogens with zero attached hydrogens (tertiary/aromatic N) is 3. The van der Waals surface area contributed by atoms with Crippen molar-refractivity contribution in [1.29, 1.82) is 5.41 Å². The highest BCUT2D eigenvalue weighted by Crippen LogP contribution is 2.38. The number of anilines is 1. The normalized spacial score (nSPS) is 19.1. The molecule has 2 aromatic rings. The van der Waals surface area contributed by atoms with Crippen LogP contribution in [0.15, 0.2) is 41.7 Å². The molecule has 5 rings (SSSR count). The number of aliphatic hydroxyl groups excluding tert-OH is 1. The van der Waals surface area contributed by atoms with Gasteiger partial charge in [-0.05, 0) is 56.5 Å². The molecular weight excluding hydrogens is 516 g/mol. The molecule has 4 N–H and O–H groups in total. The van der Waals surface area contributed by atoms with Crippen molar-refractivity contribution in [2.24, 2.45) is 0 Å². The predicted octanol–water partition coefficient (Wildman–Crippen LogP) is 3.62. The Morgan fingerprint density at radius 3 is 2.72 bits per heavy atom. The third-order valence-corrected chi connectivity index (χ3v) is 8.20. The van der Waals surface area contributed by atoms with Crippen molar-refractivity contribution in [3.63, 3.8) is 0 Å². The second-order valence-corrected chi connectivity index (χ2v) is 10.8. The quantitative estimate of drug-likeness (QED) is 0.246. The van der Waals surface area contributed by atoms with E-state index in [1.165, 1.54) is 0 Å². The summed E-state index contributed by atoms with van der Waals surface area (Å²) in [5, 5.41) is 26.4. The second kappa shape index (κ2) is 12.0. The number of benzene rings is 1. The zero-order valence-electron chi connectivity index (χ0n) is 22.6. The minimum atomic E-state index is -0.823. The summed E-state index contributed by atoms with van der Waals surface area (Å²) in [4.78, 5) is 20.5. The van der Waals surface area contributed by atoms with Crippen molar-refractivity contribution in [2.45, 2.75) is 51.3 Å². The summed E-state index contributed by atoms with van der Waals surface area (Å²) in [6, 6.07) is 8.07. The van der Waals surface area contributed by atoms with Gasteiger partial charge in [-0.2, -0.15) is 0 Å². The average Bonchev–Trinajstić information content (AvgIpc) is 2.96. The number of rotatable bonds is 6. The molecule has 1 atom stereocenters. The standard InChI is InChI=1S/C29H37ClN6O3/c1-18(37)35-11-7-25(34-21-8-12-39-13-9-21)23(17-35)28(31)36-10-3-4-19-14-22(24(30)15-27(19)36)20-5-6-26(33-16-20)29(38)32-2/h5-6,14-16,21,29,31-32,34,38H,3-4,7-13,17H2,1-2H3. The average molecular weight is 553 g/mol. The first kappa shape index (κ1) is 27.6. The van der Waals surface area contributed by atoms with E-state index in [2.05, 4.69) is 21.7 Å². The summed E-state index contributed by atoms with van der Waals surface area (Å²) in [6.45, 7) is 4.87. The Labute approximate surface area is 234 Å². The number of halogens is 1. The number of hydrogen-bond acceptors (Lipinski definition) is 7. The number of aliphatic hydroxyl groups is 1. The molecule has 1 unspecified atom stereocenters. The molecular formula is C29H37ClN6O3. The van der Waals surface area contributed by atoms with Gasteiger partial charge >= 0.3 is 0 Å². The highest BCUT2D eigenvalue weighted by Gasteiger charge is 2.30. The maximum Gasteiger partial charge on any atom is 0.219 e. The van der Waals surface area contributed by atoms with Crippen molar-refractivity contribution in [1.82, 2.24) is 20.5 Å². The Balaban J connectivity index is 1.45. The molecule has 9 nitrogen and oxygen atoms in total. The van der Waals surface area contributed by atoms with Crippen LogP contribution in [0.5, 0.6) is 0 Å². The van der Waals surface area contributed by atoms with E-state index in [-0.39, 0.29) is 5.91 Å². The number of pyridine rings is 1. The number of nitrogens with one attached hydrogen (secondary N) is 3. The zero-order chi connectivity index (χ0) is 27.5. The monoisotopic (exact) mass is 552 g/mol. The maximum absolute atomic E-state index is 12.3. The van der Waals surface area contributed by atoms with Crippen LogP contribution in [0.4, 0.5) is 5.69 Å². The Bertz CT molecular complexity index is 1260. The van der Waals surface area contributed by atoms with Crippen LogP contribution in [0.25, 0.3) is 11.1 Å². The molecule has 1 saturated heterocycles. The van der Waals surface area contributed by atoms with Gasteiger partial charge in [0.15, 0.2) is 0 Å². The summed E-state index contributed by atoms with van der Waals surface area (Å²) < 4.78 is 5.53. The summed E-state index contributed by atoms with van der Waals surface area (Å²) in [5.41, 5.74) is 6.30. The van der Waals surface area contributed by atoms with Gasteiger partial charge in [-0.25, -0.2) is 0 Å². The lowest BCUT2D eigenvalue weighted by atomic mass is 9.94. The van der Waals surface area contributed by atoms with Gasteiger partial charge in [0.25, 0.3) is 0 Å². The fourth-order valence-corrected chi connectivity index (χ4v) is 5.86. The zero-order valence-corrected chi connectivity index (χ0v) is 23.4. The van der Waals surface area contributed by atoms with Gasteiger partial charge in [-0.3, -0.25) is 20.5 Å². The Morgan fingerprint density at radius 1 is 1.23 bits per heavy atom. The SMILES string of the molecule is CNC(O)c1ccc(-c2cc3c(cc2Cl)N(C(=N)C2=C(NC4CCOCC4)CCN(C(C)=O)C2)CCC3)cn1. The van der Waals surface area contributed by atoms with Gasteiger partial charge in [0, 0.05) is 80.0 Å². The summed E-state index contributed by atoms with van der Waals surface area (Å²) in [5.74, 6) is 0.450. The minimum Gasteiger partial charge on any atom is -0.385 e. The lowest BCUT2D eigenvalue weighted by Gasteiger charge is -2.38. The maximum atomic E-state index is 12.3. The van der Waals surface area contributed by atoms with E-state index >= 15 is 0 Å². The fourth-order valence-electron chi connectivity index (χ4n) is 5.60. The molecule has 1 aromatic carbocycles. The topological polar surface area (TPSA) is 114 Å². The molecule has 1 aromatic heterocycles. The molecule has 0 spiro atoms. The molecule has 10 heteroatoms. The number of amidine groups is 1. The van der Waals surface area contributed by atoms with Crippen molar-refractivity contribution in [3.8, 4) is 11.1 Å². The molecule has 0 saturated carbocycles. The largest absolute Gasteiger partial charge is 0.385 e. The predicted molar refractivity (Wildman–Crippen MR) is 153 cm³/mol. The number of carbonyl (C=O) groups is 1. The van der Waals surface area contributed by atoms with E-state index in [0.717, 1.165) is 72.5 Å². The summed E-state index contributed by atoms with van der Waals surface area (Å²) in [6.07, 6.45) is 5.29. The number of carbonyl (C=O) groups excluding carboxylic acids is 1. The van der Waals surface area contributed by atoms with Crippen LogP contribution in [0.2, 0.25) is 5.02 Å². The molecule has 3 aliphatic heterocycles. The van der Waals surface area contributed by atoms with Gasteiger partial charge in [0.2, 0.25) is 5.91 Å². The molecule has 0 bridgehead atoms. The first-order chi connectivity index (χ1) is 18.9. The number of amides is 1. The van der Waals surface area contributed by atoms with Crippen LogP contribution in [-0.2, 0) is 16.0 Å². The number of fused-ring (bicyclic) bond motifs is 1. The van der Waals surface area contributed by atoms with Gasteiger partial charge in [0.05, 0.1) is 17.3 Å². The first-order valence-electron chi connectivity index (χ1n) is 13.7. The lowest BCUT2D eigenvalue weighted by Crippen LogP contribution is -2.46. The van der Waals surface area contributed by atoms with Crippen LogP contribution < -0.4 is 15.5 Å². The van der Waals surface area contributed by atoms with E-state index < -0.39 is 6.23 Å². The van der Waals surface area contributed by atoms with Crippen LogP contribution in [0.3, 0.4) is 0 Å². The van der Waals surface area contributed by atoms with Crippen molar-refractivity contribution >= 4 is 29.0 Å². The van der Waals surface area contributed by atoms with Crippen LogP contribution in [0.1, 0.15) is 50.1 Å². The number of aryl methyl sites for hydroxylation is 1. The highest BCUT2D eigenvalue weighted by atomic mass is 35.5. The van der Waals surface area contributed by atoms with Gasteiger partial charge in [0.1, 0.15) is 12.1 Å². The number of hydrogen-bond donors (Lipinski definition) is 4. The van der Waals surface area contributed by atoms with E-state index in [0.29, 0.717) is 48.6 Å². The van der Waals surface area contributed by atoms with Crippen LogP contribution in [-0.4, -0.2) is 72.7 Å². The Hall–Kier alpha value is -2.98. The van der Waals surface area contributed by atoms with Crippen molar-refractivity contribution < 1.29 is 14.6 Å². The van der Waals surface area contributed by atoms with Gasteiger partial charge < -0.3 is 25.0 Å². The highest BCUT2D eigenvalue weighted by molar-refractivity contribution is 6.33. The molecule has 1 fully saturated rings. The molecule has 0 radical (unpaired) electrons. The van der Waals surface area contributed by atoms with Gasteiger partial charge in [-0.1, -0.05) is 17.7 Å². The van der Waals surface area contributed by atoms with Gasteiger partial charge in [-0.15, -0.1) is 0 Å². The molecule has 1 amide bonds. The smallest absolute Gasteiger partial charge is 0.219 e. The number of aromatic nitrogens is 1. The van der Waals surface area contributed by atoms with Crippen molar-refractivity contribution in [2.75, 3.05) is 44.8 Å². The van der Waals surface area contributed by atoms with Crippen LogP contribution >= 0.6 is 11.6 Å². The second-order valence-electron chi connectivity index (χ2n) is 10.4. The van der Waals surface area contributed by atoms with E-state index in [1.807, 2.05) is 21.9 Å². The third kappa shape index (κ3) is 5.96. The number of ether oxygens (including phenoxy) is 1. The molecule has 4 heterocycles. The van der Waals surface area contributed by atoms with Crippen LogP contribution in [0, 0.1) is 5.41 Å². The summed E-state index contributed by atoms with van der Waals surface area (Å²) in [7, 11) is 1.68. The molecule has 208 valence electrons. The molecule has 0 aliphatic carbocycles. The molecule has 3 aliphatic rings. The van der Waals surface area contributed by atoms with Crippen molar-refractivity contribution in [3.05, 3.63) is 58.0 Å². The van der Waals surface area contributed by atoms with E-state index in [1.54, 1.807) is 26.2 Å². The Morgan fingerprint density at radius 2 is 2.03 bits per heavy atom. The first-order valence-corrected chi connectivity index (χ1v) is 14.1. The molecule has 39 heavy (non-hydrogen) atoms. The third-order valence-electron chi connectivity index (χ3n) is 7.88. The minimum absolute atomic E-state index is 0.0269. The summed E-state index contributed by atoms with van der Waals surface area (Å²) >= 11 is 6.83. The Kier molecular flexibility index (Phi) is 8.52. The van der Waals surface area contributed by atoms with E-state index in [4.69, 9.17) is 16.3 Å².